The van der Waals surface area contributed by atoms with Crippen LogP contribution in [0.1, 0.15) is 40.5 Å². The van der Waals surface area contributed by atoms with Crippen LogP contribution in [0, 0.1) is 5.41 Å². The van der Waals surface area contributed by atoms with E-state index in [-0.39, 0.29) is 0 Å². The zero-order chi connectivity index (χ0) is 9.19. The Morgan fingerprint density at radius 3 is 2.67 bits per heavy atom. The van der Waals surface area contributed by atoms with Gasteiger partial charge in [-0.3, -0.25) is 0 Å². The molecule has 0 aromatic heterocycles. The molecule has 1 rings (SSSR count). The quantitative estimate of drug-likeness (QED) is 0.713. The van der Waals surface area contributed by atoms with E-state index in [0.717, 1.165) is 5.25 Å². The Morgan fingerprint density at radius 1 is 1.50 bits per heavy atom. The second-order valence-electron chi connectivity index (χ2n) is 4.41. The molecule has 0 spiro atoms. The Labute approximate surface area is 80.7 Å². The molecule has 0 saturated carbocycles. The van der Waals surface area contributed by atoms with Gasteiger partial charge in [0.1, 0.15) is 0 Å². The smallest absolute Gasteiger partial charge is 0.0586 e. The molecule has 0 aromatic rings. The molecule has 0 radical (unpaired) electrons. The molecule has 1 aliphatic heterocycles. The van der Waals surface area contributed by atoms with Crippen molar-refractivity contribution in [2.24, 2.45) is 5.41 Å². The second-order valence-corrected chi connectivity index (χ2v) is 5.96. The van der Waals surface area contributed by atoms with Gasteiger partial charge in [0.05, 0.1) is 5.37 Å². The molecular weight excluding hydrogens is 166 g/mol. The minimum atomic E-state index is 0.444. The Kier molecular flexibility index (Phi) is 3.47. The largest absolute Gasteiger partial charge is 0.305 e. The van der Waals surface area contributed by atoms with Crippen LogP contribution in [-0.2, 0) is 0 Å². The van der Waals surface area contributed by atoms with Crippen molar-refractivity contribution in [2.45, 2.75) is 51.2 Å². The summed E-state index contributed by atoms with van der Waals surface area (Å²) in [7, 11) is 0. The molecule has 2 atom stereocenters. The summed E-state index contributed by atoms with van der Waals surface area (Å²) in [5.74, 6) is 0. The highest BCUT2D eigenvalue weighted by Crippen LogP contribution is 2.36. The topological polar surface area (TPSA) is 12.0 Å². The van der Waals surface area contributed by atoms with Crippen molar-refractivity contribution in [3.63, 3.8) is 0 Å². The Hall–Kier alpha value is 0.310. The average molecular weight is 187 g/mol. The molecule has 0 aliphatic carbocycles. The van der Waals surface area contributed by atoms with E-state index in [1.807, 2.05) is 0 Å². The first kappa shape index (κ1) is 10.4. The van der Waals surface area contributed by atoms with Crippen molar-refractivity contribution in [3.05, 3.63) is 0 Å². The second kappa shape index (κ2) is 4.01. The fourth-order valence-electron chi connectivity index (χ4n) is 1.41. The lowest BCUT2D eigenvalue weighted by Gasteiger charge is -2.38. The lowest BCUT2D eigenvalue weighted by Crippen LogP contribution is -2.44. The van der Waals surface area contributed by atoms with Crippen LogP contribution in [0.4, 0.5) is 0 Å². The maximum Gasteiger partial charge on any atom is 0.0586 e. The van der Waals surface area contributed by atoms with E-state index in [1.165, 1.54) is 19.4 Å². The standard InChI is InChI=1S/C10H21NS/c1-5-10(3,4)9-11-7-6-8(2)12-9/h8-9,11H,5-7H2,1-4H3. The first-order chi connectivity index (χ1) is 5.56. The molecular formula is C10H21NS. The van der Waals surface area contributed by atoms with Crippen molar-refractivity contribution in [2.75, 3.05) is 6.54 Å². The molecule has 0 aromatic carbocycles. The zero-order valence-corrected chi connectivity index (χ0v) is 9.50. The van der Waals surface area contributed by atoms with Crippen LogP contribution in [0.5, 0.6) is 0 Å². The van der Waals surface area contributed by atoms with Crippen LogP contribution in [-0.4, -0.2) is 17.2 Å². The molecule has 1 fully saturated rings. The normalized spacial score (nSPS) is 32.0. The fraction of sp³-hybridized carbons (Fsp3) is 1.00. The predicted octanol–water partition coefficient (Wildman–Crippen LogP) is 2.86. The van der Waals surface area contributed by atoms with Gasteiger partial charge in [-0.25, -0.2) is 0 Å². The summed E-state index contributed by atoms with van der Waals surface area (Å²) in [6.07, 6.45) is 2.57. The van der Waals surface area contributed by atoms with Crippen molar-refractivity contribution in [1.29, 1.82) is 0 Å². The van der Waals surface area contributed by atoms with Gasteiger partial charge in [0.15, 0.2) is 0 Å². The van der Waals surface area contributed by atoms with Crippen LogP contribution >= 0.6 is 11.8 Å². The van der Waals surface area contributed by atoms with E-state index in [2.05, 4.69) is 44.8 Å². The third-order valence-electron chi connectivity index (χ3n) is 2.87. The van der Waals surface area contributed by atoms with E-state index in [9.17, 15) is 0 Å². The van der Waals surface area contributed by atoms with Crippen LogP contribution in [0.2, 0.25) is 0 Å². The van der Waals surface area contributed by atoms with Gasteiger partial charge in [-0.1, -0.05) is 27.7 Å². The molecule has 1 aliphatic rings. The first-order valence-electron chi connectivity index (χ1n) is 4.95. The third kappa shape index (κ3) is 2.40. The average Bonchev–Trinajstić information content (AvgIpc) is 2.05. The maximum atomic E-state index is 3.60. The zero-order valence-electron chi connectivity index (χ0n) is 8.68. The van der Waals surface area contributed by atoms with Crippen molar-refractivity contribution in [1.82, 2.24) is 5.32 Å². The van der Waals surface area contributed by atoms with Crippen LogP contribution < -0.4 is 5.32 Å². The van der Waals surface area contributed by atoms with E-state index in [1.54, 1.807) is 0 Å². The number of rotatable bonds is 2. The van der Waals surface area contributed by atoms with Gasteiger partial charge in [-0.15, -0.1) is 11.8 Å². The van der Waals surface area contributed by atoms with E-state index < -0.39 is 0 Å². The number of hydrogen-bond donors (Lipinski definition) is 1. The number of thioether (sulfide) groups is 1. The lowest BCUT2D eigenvalue weighted by atomic mass is 9.90. The minimum Gasteiger partial charge on any atom is -0.305 e. The summed E-state index contributed by atoms with van der Waals surface area (Å²) in [5, 5.41) is 5.10. The van der Waals surface area contributed by atoms with Crippen molar-refractivity contribution < 1.29 is 0 Å². The van der Waals surface area contributed by atoms with E-state index in [0.29, 0.717) is 10.8 Å². The van der Waals surface area contributed by atoms with Crippen LogP contribution in [0.15, 0.2) is 0 Å². The highest BCUT2D eigenvalue weighted by atomic mass is 32.2. The molecule has 2 heteroatoms. The third-order valence-corrected chi connectivity index (χ3v) is 4.65. The summed E-state index contributed by atoms with van der Waals surface area (Å²) in [6, 6.07) is 0. The van der Waals surface area contributed by atoms with Gasteiger partial charge < -0.3 is 5.32 Å². The van der Waals surface area contributed by atoms with Gasteiger partial charge in [-0.05, 0) is 24.8 Å². The van der Waals surface area contributed by atoms with Gasteiger partial charge >= 0.3 is 0 Å². The Balaban J connectivity index is 2.50. The summed E-state index contributed by atoms with van der Waals surface area (Å²) < 4.78 is 0. The first-order valence-corrected chi connectivity index (χ1v) is 5.89. The molecule has 12 heavy (non-hydrogen) atoms. The lowest BCUT2D eigenvalue weighted by molar-refractivity contribution is 0.295. The monoisotopic (exact) mass is 187 g/mol. The maximum absolute atomic E-state index is 3.60. The molecule has 1 saturated heterocycles. The van der Waals surface area contributed by atoms with Gasteiger partial charge in [0, 0.05) is 5.25 Å². The molecule has 2 unspecified atom stereocenters. The van der Waals surface area contributed by atoms with E-state index in [4.69, 9.17) is 0 Å². The number of nitrogens with one attached hydrogen (secondary N) is 1. The van der Waals surface area contributed by atoms with Gasteiger partial charge in [-0.2, -0.15) is 0 Å². The SMILES string of the molecule is CCC(C)(C)C1NCCC(C)S1. The molecule has 0 bridgehead atoms. The highest BCUT2D eigenvalue weighted by Gasteiger charge is 2.31. The van der Waals surface area contributed by atoms with Crippen LogP contribution in [0.3, 0.4) is 0 Å². The summed E-state index contributed by atoms with van der Waals surface area (Å²) in [5.41, 5.74) is 0.444. The molecule has 0 amide bonds. The Morgan fingerprint density at radius 2 is 2.17 bits per heavy atom. The molecule has 72 valence electrons. The number of hydrogen-bond acceptors (Lipinski definition) is 2. The summed E-state index contributed by atoms with van der Waals surface area (Å²) in [6.45, 7) is 10.5. The van der Waals surface area contributed by atoms with Crippen molar-refractivity contribution in [3.8, 4) is 0 Å². The molecule has 1 heterocycles. The molecule has 1 nitrogen and oxygen atoms in total. The van der Waals surface area contributed by atoms with Gasteiger partial charge in [0.25, 0.3) is 0 Å². The Bertz CT molecular complexity index is 145. The van der Waals surface area contributed by atoms with E-state index >= 15 is 0 Å². The summed E-state index contributed by atoms with van der Waals surface area (Å²) >= 11 is 2.11. The fourth-order valence-corrected chi connectivity index (χ4v) is 2.88. The minimum absolute atomic E-state index is 0.444. The van der Waals surface area contributed by atoms with Crippen LogP contribution in [0.25, 0.3) is 0 Å². The summed E-state index contributed by atoms with van der Waals surface area (Å²) in [4.78, 5) is 0. The van der Waals surface area contributed by atoms with Gasteiger partial charge in [0.2, 0.25) is 0 Å². The van der Waals surface area contributed by atoms with Crippen molar-refractivity contribution >= 4 is 11.8 Å². The molecule has 1 N–H and O–H groups in total. The highest BCUT2D eigenvalue weighted by molar-refractivity contribution is 8.00. The predicted molar refractivity (Wildman–Crippen MR) is 57.5 cm³/mol.